The molecule has 1 aliphatic rings. The number of carbonyl (C=O) groups excluding carboxylic acids is 1. The quantitative estimate of drug-likeness (QED) is 0.849. The van der Waals surface area contributed by atoms with E-state index in [0.29, 0.717) is 6.54 Å². The first-order chi connectivity index (χ1) is 9.63. The number of benzene rings is 1. The Hall–Kier alpha value is -2.08. The van der Waals surface area contributed by atoms with Gasteiger partial charge in [0.2, 0.25) is 0 Å². The lowest BCUT2D eigenvalue weighted by atomic mass is 10.2. The molecule has 2 amide bonds. The van der Waals surface area contributed by atoms with Gasteiger partial charge in [-0.05, 0) is 18.1 Å². The number of carbonyl (C=O) groups is 2. The number of hydrogen-bond acceptors (Lipinski definition) is 3. The largest absolute Gasteiger partial charge is 0.480 e. The number of rotatable bonds is 5. The van der Waals surface area contributed by atoms with E-state index in [9.17, 15) is 9.59 Å². The van der Waals surface area contributed by atoms with Gasteiger partial charge in [-0.25, -0.2) is 9.59 Å². The Morgan fingerprint density at radius 3 is 2.90 bits per heavy atom. The number of amides is 2. The Morgan fingerprint density at radius 2 is 2.20 bits per heavy atom. The maximum Gasteiger partial charge on any atom is 0.326 e. The summed E-state index contributed by atoms with van der Waals surface area (Å²) in [6, 6.07) is 6.33. The van der Waals surface area contributed by atoms with Gasteiger partial charge in [0.05, 0.1) is 0 Å². The van der Waals surface area contributed by atoms with Crippen LogP contribution in [0.3, 0.4) is 0 Å². The highest BCUT2D eigenvalue weighted by Crippen LogP contribution is 2.27. The molecule has 0 aromatic heterocycles. The molecule has 0 aliphatic carbocycles. The van der Waals surface area contributed by atoms with E-state index in [0.717, 1.165) is 17.7 Å². The summed E-state index contributed by atoms with van der Waals surface area (Å²) in [7, 11) is 1.50. The van der Waals surface area contributed by atoms with E-state index in [4.69, 9.17) is 9.84 Å². The van der Waals surface area contributed by atoms with Crippen molar-refractivity contribution >= 4 is 17.7 Å². The lowest BCUT2D eigenvalue weighted by Gasteiger charge is -2.21. The van der Waals surface area contributed by atoms with Gasteiger partial charge in [-0.1, -0.05) is 18.2 Å². The first kappa shape index (κ1) is 14.3. The van der Waals surface area contributed by atoms with Crippen LogP contribution in [0.5, 0.6) is 0 Å². The third-order valence-electron chi connectivity index (χ3n) is 3.34. The van der Waals surface area contributed by atoms with Crippen molar-refractivity contribution in [3.05, 3.63) is 29.8 Å². The number of aliphatic carboxylic acids is 1. The molecule has 6 nitrogen and oxygen atoms in total. The highest BCUT2D eigenvalue weighted by atomic mass is 16.5. The smallest absolute Gasteiger partial charge is 0.326 e. The maximum absolute atomic E-state index is 12.2. The summed E-state index contributed by atoms with van der Waals surface area (Å²) < 4.78 is 4.86. The molecule has 1 aromatic carbocycles. The monoisotopic (exact) mass is 278 g/mol. The number of carboxylic acids is 1. The van der Waals surface area contributed by atoms with Crippen LogP contribution < -0.4 is 10.2 Å². The molecule has 0 saturated carbocycles. The highest BCUT2D eigenvalue weighted by Gasteiger charge is 2.27. The summed E-state index contributed by atoms with van der Waals surface area (Å²) in [5, 5.41) is 11.6. The predicted octanol–water partition coefficient (Wildman–Crippen LogP) is 1.25. The summed E-state index contributed by atoms with van der Waals surface area (Å²) in [5.74, 6) is -1.05. The standard InChI is InChI=1S/C14H18N2O4/c1-20-9-7-11(13(17)18)15-14(19)16-8-6-10-4-2-3-5-12(10)16/h2-5,11H,6-9H2,1H3,(H,15,19)(H,17,18). The number of urea groups is 1. The van der Waals surface area contributed by atoms with Gasteiger partial charge in [-0.3, -0.25) is 4.90 Å². The fourth-order valence-electron chi connectivity index (χ4n) is 2.27. The molecule has 0 bridgehead atoms. The van der Waals surface area contributed by atoms with E-state index in [-0.39, 0.29) is 19.1 Å². The molecular formula is C14H18N2O4. The number of hydrogen-bond donors (Lipinski definition) is 2. The fraction of sp³-hybridized carbons (Fsp3) is 0.429. The normalized spacial score (nSPS) is 14.8. The van der Waals surface area contributed by atoms with Crippen LogP contribution in [-0.4, -0.2) is 43.4 Å². The van der Waals surface area contributed by atoms with E-state index in [2.05, 4.69) is 5.32 Å². The van der Waals surface area contributed by atoms with Crippen molar-refractivity contribution in [2.75, 3.05) is 25.2 Å². The minimum atomic E-state index is -1.05. The number of methoxy groups -OCH3 is 1. The van der Waals surface area contributed by atoms with Crippen molar-refractivity contribution < 1.29 is 19.4 Å². The third-order valence-corrected chi connectivity index (χ3v) is 3.34. The van der Waals surface area contributed by atoms with Crippen LogP contribution in [0.1, 0.15) is 12.0 Å². The molecule has 1 aromatic rings. The number of carboxylic acid groups (broad SMARTS) is 1. The summed E-state index contributed by atoms with van der Waals surface area (Å²) in [6.07, 6.45) is 1.03. The molecule has 0 fully saturated rings. The average molecular weight is 278 g/mol. The Bertz CT molecular complexity index is 504. The van der Waals surface area contributed by atoms with Crippen LogP contribution >= 0.6 is 0 Å². The van der Waals surface area contributed by atoms with Crippen molar-refractivity contribution in [3.8, 4) is 0 Å². The van der Waals surface area contributed by atoms with Crippen LogP contribution in [0.25, 0.3) is 0 Å². The molecular weight excluding hydrogens is 260 g/mol. The average Bonchev–Trinajstić information content (AvgIpc) is 2.87. The second-order valence-electron chi connectivity index (χ2n) is 4.65. The van der Waals surface area contributed by atoms with Gasteiger partial charge >= 0.3 is 12.0 Å². The van der Waals surface area contributed by atoms with Gasteiger partial charge < -0.3 is 15.2 Å². The molecule has 20 heavy (non-hydrogen) atoms. The number of para-hydroxylation sites is 1. The Labute approximate surface area is 117 Å². The van der Waals surface area contributed by atoms with Crippen LogP contribution in [0.4, 0.5) is 10.5 Å². The van der Waals surface area contributed by atoms with Crippen molar-refractivity contribution in [2.45, 2.75) is 18.9 Å². The molecule has 2 rings (SSSR count). The zero-order valence-electron chi connectivity index (χ0n) is 11.3. The topological polar surface area (TPSA) is 78.9 Å². The number of ether oxygens (including phenoxy) is 1. The van der Waals surface area contributed by atoms with Crippen LogP contribution in [0.2, 0.25) is 0 Å². The molecule has 2 N–H and O–H groups in total. The van der Waals surface area contributed by atoms with E-state index in [1.165, 1.54) is 7.11 Å². The zero-order valence-corrected chi connectivity index (χ0v) is 11.3. The van der Waals surface area contributed by atoms with Gasteiger partial charge in [-0.2, -0.15) is 0 Å². The summed E-state index contributed by atoms with van der Waals surface area (Å²) in [6.45, 7) is 0.857. The van der Waals surface area contributed by atoms with Crippen molar-refractivity contribution in [2.24, 2.45) is 0 Å². The minimum Gasteiger partial charge on any atom is -0.480 e. The third kappa shape index (κ3) is 3.08. The zero-order chi connectivity index (χ0) is 14.5. The molecule has 0 radical (unpaired) electrons. The van der Waals surface area contributed by atoms with Gasteiger partial charge in [0.15, 0.2) is 0 Å². The maximum atomic E-state index is 12.2. The molecule has 108 valence electrons. The predicted molar refractivity (Wildman–Crippen MR) is 73.9 cm³/mol. The van der Waals surface area contributed by atoms with Crippen LogP contribution in [0.15, 0.2) is 24.3 Å². The second-order valence-corrected chi connectivity index (χ2v) is 4.65. The molecule has 1 aliphatic heterocycles. The molecule has 0 saturated heterocycles. The van der Waals surface area contributed by atoms with Gasteiger partial charge in [0, 0.05) is 32.4 Å². The van der Waals surface area contributed by atoms with Crippen molar-refractivity contribution in [1.29, 1.82) is 0 Å². The Morgan fingerprint density at radius 1 is 1.45 bits per heavy atom. The molecule has 6 heteroatoms. The van der Waals surface area contributed by atoms with Crippen LogP contribution in [-0.2, 0) is 16.0 Å². The van der Waals surface area contributed by atoms with Crippen LogP contribution in [0, 0.1) is 0 Å². The first-order valence-corrected chi connectivity index (χ1v) is 6.51. The molecule has 1 atom stereocenters. The number of anilines is 1. The fourth-order valence-corrected chi connectivity index (χ4v) is 2.27. The summed E-state index contributed by atoms with van der Waals surface area (Å²) >= 11 is 0. The summed E-state index contributed by atoms with van der Waals surface area (Å²) in [5.41, 5.74) is 1.95. The number of fused-ring (bicyclic) bond motifs is 1. The van der Waals surface area contributed by atoms with E-state index in [1.54, 1.807) is 4.90 Å². The van der Waals surface area contributed by atoms with Crippen molar-refractivity contribution in [1.82, 2.24) is 5.32 Å². The molecule has 0 spiro atoms. The number of nitrogens with zero attached hydrogens (tertiary/aromatic N) is 1. The minimum absolute atomic E-state index is 0.243. The first-order valence-electron chi connectivity index (χ1n) is 6.51. The van der Waals surface area contributed by atoms with Crippen molar-refractivity contribution in [3.63, 3.8) is 0 Å². The lowest BCUT2D eigenvalue weighted by Crippen LogP contribution is -2.48. The Balaban J connectivity index is 2.03. The lowest BCUT2D eigenvalue weighted by molar-refractivity contribution is -0.139. The molecule has 1 unspecified atom stereocenters. The molecule has 1 heterocycles. The van der Waals surface area contributed by atoms with E-state index in [1.807, 2.05) is 24.3 Å². The summed E-state index contributed by atoms with van der Waals surface area (Å²) in [4.78, 5) is 24.9. The van der Waals surface area contributed by atoms with Gasteiger partial charge in [0.25, 0.3) is 0 Å². The van der Waals surface area contributed by atoms with E-state index >= 15 is 0 Å². The van der Waals surface area contributed by atoms with Gasteiger partial charge in [-0.15, -0.1) is 0 Å². The number of nitrogens with one attached hydrogen (secondary N) is 1. The Kier molecular flexibility index (Phi) is 4.57. The van der Waals surface area contributed by atoms with E-state index < -0.39 is 12.0 Å². The highest BCUT2D eigenvalue weighted by molar-refractivity contribution is 5.96. The second kappa shape index (κ2) is 6.38. The van der Waals surface area contributed by atoms with Gasteiger partial charge in [0.1, 0.15) is 6.04 Å². The SMILES string of the molecule is COCCC(NC(=O)N1CCc2ccccc21)C(=O)O.